The summed E-state index contributed by atoms with van der Waals surface area (Å²) in [4.78, 5) is 21.0. The smallest absolute Gasteiger partial charge is 0.253 e. The minimum atomic E-state index is -0.155. The van der Waals surface area contributed by atoms with Gasteiger partial charge in [0.15, 0.2) is 0 Å². The van der Waals surface area contributed by atoms with Gasteiger partial charge in [0.1, 0.15) is 0 Å². The Hall–Kier alpha value is -3.25. The Bertz CT molecular complexity index is 939. The zero-order valence-corrected chi connectivity index (χ0v) is 16.2. The largest absolute Gasteiger partial charge is 0.382 e. The lowest BCUT2D eigenvalue weighted by atomic mass is 10.1. The van der Waals surface area contributed by atoms with Gasteiger partial charge in [0.2, 0.25) is 0 Å². The highest BCUT2D eigenvalue weighted by Gasteiger charge is 2.16. The van der Waals surface area contributed by atoms with Gasteiger partial charge in [0.05, 0.1) is 17.4 Å². The molecule has 1 aromatic carbocycles. The number of nitrogens with zero attached hydrogens (tertiary/aromatic N) is 2. The summed E-state index contributed by atoms with van der Waals surface area (Å²) in [6, 6.07) is 15.5. The average Bonchev–Trinajstić information content (AvgIpc) is 3.31. The molecular formula is C23H24N4O2. The maximum Gasteiger partial charge on any atom is 0.253 e. The van der Waals surface area contributed by atoms with E-state index in [2.05, 4.69) is 20.6 Å². The quantitative estimate of drug-likeness (QED) is 0.646. The highest BCUT2D eigenvalue weighted by Crippen LogP contribution is 2.27. The molecule has 1 amide bonds. The van der Waals surface area contributed by atoms with Crippen molar-refractivity contribution in [1.82, 2.24) is 15.3 Å². The third kappa shape index (κ3) is 4.97. The van der Waals surface area contributed by atoms with Gasteiger partial charge in [-0.05, 0) is 42.7 Å². The highest BCUT2D eigenvalue weighted by molar-refractivity contribution is 5.94. The van der Waals surface area contributed by atoms with Crippen molar-refractivity contribution in [3.05, 3.63) is 78.2 Å². The second-order valence-corrected chi connectivity index (χ2v) is 7.04. The Morgan fingerprint density at radius 1 is 1.10 bits per heavy atom. The Balaban J connectivity index is 1.41. The molecule has 0 aliphatic carbocycles. The molecule has 0 spiro atoms. The molecule has 1 saturated heterocycles. The van der Waals surface area contributed by atoms with Gasteiger partial charge < -0.3 is 15.4 Å². The van der Waals surface area contributed by atoms with Crippen molar-refractivity contribution in [2.24, 2.45) is 0 Å². The van der Waals surface area contributed by atoms with Gasteiger partial charge in [-0.2, -0.15) is 0 Å². The van der Waals surface area contributed by atoms with E-state index < -0.39 is 0 Å². The maximum atomic E-state index is 12.4. The summed E-state index contributed by atoms with van der Waals surface area (Å²) >= 11 is 0. The number of amides is 1. The van der Waals surface area contributed by atoms with E-state index in [9.17, 15) is 4.79 Å². The molecule has 148 valence electrons. The molecule has 0 saturated carbocycles. The molecule has 6 nitrogen and oxygen atoms in total. The Kier molecular flexibility index (Phi) is 6.12. The molecule has 1 atom stereocenters. The standard InChI is InChI=1S/C23H24N4O2/c28-23(27-14-17-5-3-11-24-13-17)18-9-10-22(25-15-18)20-7-1-2-8-21(20)26-16-19-6-4-12-29-19/h1-3,5,7-11,13,15,19,26H,4,6,12,14,16H2,(H,27,28). The molecular weight excluding hydrogens is 364 g/mol. The molecule has 0 bridgehead atoms. The van der Waals surface area contributed by atoms with Crippen LogP contribution in [0.1, 0.15) is 28.8 Å². The van der Waals surface area contributed by atoms with Gasteiger partial charge in [-0.1, -0.05) is 24.3 Å². The monoisotopic (exact) mass is 388 g/mol. The van der Waals surface area contributed by atoms with Crippen molar-refractivity contribution in [1.29, 1.82) is 0 Å². The van der Waals surface area contributed by atoms with Crippen molar-refractivity contribution in [2.45, 2.75) is 25.5 Å². The van der Waals surface area contributed by atoms with E-state index in [1.54, 1.807) is 24.7 Å². The lowest BCUT2D eigenvalue weighted by Crippen LogP contribution is -2.23. The van der Waals surface area contributed by atoms with Crippen LogP contribution in [0, 0.1) is 0 Å². The molecule has 1 unspecified atom stereocenters. The first-order valence-electron chi connectivity index (χ1n) is 9.87. The van der Waals surface area contributed by atoms with Crippen LogP contribution in [0.5, 0.6) is 0 Å². The predicted molar refractivity (Wildman–Crippen MR) is 113 cm³/mol. The molecule has 2 aromatic heterocycles. The van der Waals surface area contributed by atoms with E-state index in [0.29, 0.717) is 12.1 Å². The van der Waals surface area contributed by atoms with Crippen molar-refractivity contribution in [2.75, 3.05) is 18.5 Å². The Morgan fingerprint density at radius 3 is 2.79 bits per heavy atom. The first kappa shape index (κ1) is 19.1. The number of ether oxygens (including phenoxy) is 1. The van der Waals surface area contributed by atoms with Crippen LogP contribution in [0.4, 0.5) is 5.69 Å². The number of pyridine rings is 2. The molecule has 0 radical (unpaired) electrons. The van der Waals surface area contributed by atoms with E-state index in [1.807, 2.05) is 42.5 Å². The normalized spacial score (nSPS) is 15.8. The van der Waals surface area contributed by atoms with Crippen LogP contribution in [-0.4, -0.2) is 35.1 Å². The zero-order chi connectivity index (χ0) is 19.9. The number of hydrogen-bond acceptors (Lipinski definition) is 5. The molecule has 3 heterocycles. The average molecular weight is 388 g/mol. The zero-order valence-electron chi connectivity index (χ0n) is 16.2. The summed E-state index contributed by atoms with van der Waals surface area (Å²) in [7, 11) is 0. The van der Waals surface area contributed by atoms with Crippen LogP contribution in [0.15, 0.2) is 67.1 Å². The van der Waals surface area contributed by atoms with Gasteiger partial charge in [0, 0.05) is 49.5 Å². The van der Waals surface area contributed by atoms with Crippen molar-refractivity contribution in [3.63, 3.8) is 0 Å². The molecule has 6 heteroatoms. The van der Waals surface area contributed by atoms with Gasteiger partial charge in [0.25, 0.3) is 5.91 Å². The van der Waals surface area contributed by atoms with Crippen molar-refractivity contribution < 1.29 is 9.53 Å². The fraction of sp³-hybridized carbons (Fsp3) is 0.261. The lowest BCUT2D eigenvalue weighted by Gasteiger charge is -2.15. The summed E-state index contributed by atoms with van der Waals surface area (Å²) in [5, 5.41) is 6.37. The number of aromatic nitrogens is 2. The Morgan fingerprint density at radius 2 is 2.03 bits per heavy atom. The first-order valence-corrected chi connectivity index (χ1v) is 9.87. The van der Waals surface area contributed by atoms with Crippen LogP contribution in [0.25, 0.3) is 11.3 Å². The number of hydrogen-bond donors (Lipinski definition) is 2. The minimum absolute atomic E-state index is 0.155. The molecule has 4 rings (SSSR count). The number of para-hydroxylation sites is 1. The molecule has 1 fully saturated rings. The predicted octanol–water partition coefficient (Wildman–Crippen LogP) is 3.66. The summed E-state index contributed by atoms with van der Waals surface area (Å²) < 4.78 is 5.69. The third-order valence-electron chi connectivity index (χ3n) is 4.95. The number of nitrogens with one attached hydrogen (secondary N) is 2. The van der Waals surface area contributed by atoms with E-state index >= 15 is 0 Å². The minimum Gasteiger partial charge on any atom is -0.382 e. The molecule has 3 aromatic rings. The summed E-state index contributed by atoms with van der Waals surface area (Å²) in [5.74, 6) is -0.155. The van der Waals surface area contributed by atoms with Crippen LogP contribution in [0.3, 0.4) is 0 Å². The van der Waals surface area contributed by atoms with E-state index in [0.717, 1.165) is 48.5 Å². The summed E-state index contributed by atoms with van der Waals surface area (Å²) in [6.45, 7) is 2.07. The summed E-state index contributed by atoms with van der Waals surface area (Å²) in [6.07, 6.45) is 7.55. The second-order valence-electron chi connectivity index (χ2n) is 7.04. The SMILES string of the molecule is O=C(NCc1cccnc1)c1ccc(-c2ccccc2NCC2CCCO2)nc1. The van der Waals surface area contributed by atoms with Crippen LogP contribution < -0.4 is 10.6 Å². The van der Waals surface area contributed by atoms with Gasteiger partial charge >= 0.3 is 0 Å². The first-order chi connectivity index (χ1) is 14.3. The molecule has 2 N–H and O–H groups in total. The number of carbonyl (C=O) groups is 1. The van der Waals surface area contributed by atoms with Gasteiger partial charge in [-0.3, -0.25) is 14.8 Å². The van der Waals surface area contributed by atoms with Crippen LogP contribution in [-0.2, 0) is 11.3 Å². The van der Waals surface area contributed by atoms with Crippen molar-refractivity contribution in [3.8, 4) is 11.3 Å². The van der Waals surface area contributed by atoms with Gasteiger partial charge in [-0.15, -0.1) is 0 Å². The maximum absolute atomic E-state index is 12.4. The number of rotatable bonds is 7. The number of carbonyl (C=O) groups excluding carboxylic acids is 1. The Labute approximate surface area is 170 Å². The summed E-state index contributed by atoms with van der Waals surface area (Å²) in [5.41, 5.74) is 4.33. The van der Waals surface area contributed by atoms with Gasteiger partial charge in [-0.25, -0.2) is 0 Å². The number of anilines is 1. The fourth-order valence-electron chi connectivity index (χ4n) is 3.36. The molecule has 1 aliphatic heterocycles. The second kappa shape index (κ2) is 9.30. The number of benzene rings is 1. The molecule has 1 aliphatic rings. The van der Waals surface area contributed by atoms with E-state index in [-0.39, 0.29) is 12.0 Å². The lowest BCUT2D eigenvalue weighted by molar-refractivity contribution is 0.0950. The highest BCUT2D eigenvalue weighted by atomic mass is 16.5. The fourth-order valence-corrected chi connectivity index (χ4v) is 3.36. The van der Waals surface area contributed by atoms with Crippen LogP contribution >= 0.6 is 0 Å². The van der Waals surface area contributed by atoms with E-state index in [4.69, 9.17) is 4.74 Å². The third-order valence-corrected chi connectivity index (χ3v) is 4.95. The van der Waals surface area contributed by atoms with Crippen molar-refractivity contribution >= 4 is 11.6 Å². The van der Waals surface area contributed by atoms with E-state index in [1.165, 1.54) is 0 Å². The van der Waals surface area contributed by atoms with Crippen LogP contribution in [0.2, 0.25) is 0 Å². The topological polar surface area (TPSA) is 76.1 Å². The molecule has 29 heavy (non-hydrogen) atoms.